The Morgan fingerprint density at radius 1 is 1.27 bits per heavy atom. The van der Waals surface area contributed by atoms with Gasteiger partial charge in [-0.25, -0.2) is 0 Å². The quantitative estimate of drug-likeness (QED) is 0.785. The van der Waals surface area contributed by atoms with Gasteiger partial charge in [0, 0.05) is 19.2 Å². The number of nitrogens with two attached hydrogens (primary N) is 1. The van der Waals surface area contributed by atoms with E-state index in [0.717, 1.165) is 37.6 Å². The predicted octanol–water partition coefficient (Wildman–Crippen LogP) is 2.93. The highest BCUT2D eigenvalue weighted by Crippen LogP contribution is 2.24. The molecule has 0 spiro atoms. The third-order valence-electron chi connectivity index (χ3n) is 2.65. The number of hydrogen-bond donors (Lipinski definition) is 1. The lowest BCUT2D eigenvalue weighted by Crippen LogP contribution is -2.21. The Morgan fingerprint density at radius 3 is 2.47 bits per heavy atom. The van der Waals surface area contributed by atoms with Crippen LogP contribution < -0.4 is 10.6 Å². The van der Waals surface area contributed by atoms with E-state index < -0.39 is 0 Å². The Labute approximate surface area is 92.2 Å². The summed E-state index contributed by atoms with van der Waals surface area (Å²) < 4.78 is 5.74. The molecule has 1 aromatic heterocycles. The van der Waals surface area contributed by atoms with Crippen LogP contribution in [0.2, 0.25) is 0 Å². The van der Waals surface area contributed by atoms with E-state index in [1.807, 2.05) is 12.1 Å². The van der Waals surface area contributed by atoms with Gasteiger partial charge in [0.2, 0.25) is 0 Å². The van der Waals surface area contributed by atoms with Crippen molar-refractivity contribution in [2.45, 2.75) is 39.7 Å². The van der Waals surface area contributed by atoms with Crippen LogP contribution in [0.25, 0.3) is 0 Å². The number of anilines is 1. The molecule has 0 amide bonds. The van der Waals surface area contributed by atoms with E-state index in [0.29, 0.717) is 0 Å². The summed E-state index contributed by atoms with van der Waals surface area (Å²) in [6.45, 7) is 8.31. The summed E-state index contributed by atoms with van der Waals surface area (Å²) in [5.74, 6) is 1.83. The van der Waals surface area contributed by atoms with Crippen LogP contribution in [0.5, 0.6) is 0 Å². The number of nitrogens with zero attached hydrogens (tertiary/aromatic N) is 1. The molecule has 1 aromatic rings. The van der Waals surface area contributed by atoms with Crippen LogP contribution in [0.1, 0.15) is 45.4 Å². The maximum atomic E-state index is 5.99. The minimum absolute atomic E-state index is 0.0410. The molecule has 0 aliphatic rings. The standard InChI is InChI=1S/C12H22N2O/c1-4-7-10(13)11-8-9-12(15-11)14(5-2)6-3/h8-10H,4-7,13H2,1-3H3/t10-/m0/s1. The van der Waals surface area contributed by atoms with Gasteiger partial charge in [0.1, 0.15) is 5.76 Å². The summed E-state index contributed by atoms with van der Waals surface area (Å²) in [5.41, 5.74) is 5.99. The molecule has 3 heteroatoms. The zero-order chi connectivity index (χ0) is 11.3. The van der Waals surface area contributed by atoms with Gasteiger partial charge < -0.3 is 15.1 Å². The van der Waals surface area contributed by atoms with Crippen LogP contribution >= 0.6 is 0 Å². The first kappa shape index (κ1) is 12.1. The molecular formula is C12H22N2O. The van der Waals surface area contributed by atoms with E-state index in [1.54, 1.807) is 0 Å². The molecule has 1 rings (SSSR count). The van der Waals surface area contributed by atoms with Crippen LogP contribution in [-0.4, -0.2) is 13.1 Å². The zero-order valence-electron chi connectivity index (χ0n) is 9.99. The van der Waals surface area contributed by atoms with Gasteiger partial charge in [-0.05, 0) is 26.3 Å². The van der Waals surface area contributed by atoms with Gasteiger partial charge in [0.15, 0.2) is 5.88 Å². The SMILES string of the molecule is CCC[C@H](N)c1ccc(N(CC)CC)o1. The highest BCUT2D eigenvalue weighted by atomic mass is 16.4. The van der Waals surface area contributed by atoms with E-state index in [2.05, 4.69) is 25.7 Å². The van der Waals surface area contributed by atoms with Crippen LogP contribution in [0.3, 0.4) is 0 Å². The zero-order valence-corrected chi connectivity index (χ0v) is 9.99. The van der Waals surface area contributed by atoms with Gasteiger partial charge in [0.05, 0.1) is 6.04 Å². The van der Waals surface area contributed by atoms with Crippen molar-refractivity contribution in [3.8, 4) is 0 Å². The van der Waals surface area contributed by atoms with Crippen molar-refractivity contribution in [3.05, 3.63) is 17.9 Å². The molecule has 0 aromatic carbocycles. The van der Waals surface area contributed by atoms with Gasteiger partial charge in [-0.15, -0.1) is 0 Å². The molecule has 0 saturated carbocycles. The molecule has 0 aliphatic carbocycles. The molecule has 0 fully saturated rings. The molecule has 3 nitrogen and oxygen atoms in total. The number of hydrogen-bond acceptors (Lipinski definition) is 3. The summed E-state index contributed by atoms with van der Waals surface area (Å²) in [7, 11) is 0. The van der Waals surface area contributed by atoms with Gasteiger partial charge in [-0.3, -0.25) is 0 Å². The molecule has 0 saturated heterocycles. The lowest BCUT2D eigenvalue weighted by Gasteiger charge is -2.17. The summed E-state index contributed by atoms with van der Waals surface area (Å²) in [6.07, 6.45) is 2.06. The van der Waals surface area contributed by atoms with Crippen LogP contribution in [0.4, 0.5) is 5.88 Å². The second-order valence-corrected chi connectivity index (χ2v) is 3.74. The molecule has 0 unspecified atom stereocenters. The molecular weight excluding hydrogens is 188 g/mol. The Bertz CT molecular complexity index is 279. The van der Waals surface area contributed by atoms with E-state index in [9.17, 15) is 0 Å². The maximum Gasteiger partial charge on any atom is 0.195 e. The highest BCUT2D eigenvalue weighted by molar-refractivity contribution is 5.36. The third kappa shape index (κ3) is 2.99. The minimum Gasteiger partial charge on any atom is -0.444 e. The minimum atomic E-state index is 0.0410. The van der Waals surface area contributed by atoms with Gasteiger partial charge in [-0.2, -0.15) is 0 Å². The second-order valence-electron chi connectivity index (χ2n) is 3.74. The fourth-order valence-electron chi connectivity index (χ4n) is 1.70. The largest absolute Gasteiger partial charge is 0.444 e. The fraction of sp³-hybridized carbons (Fsp3) is 0.667. The average Bonchev–Trinajstić information content (AvgIpc) is 2.69. The Morgan fingerprint density at radius 2 is 1.93 bits per heavy atom. The summed E-state index contributed by atoms with van der Waals surface area (Å²) in [5, 5.41) is 0. The molecule has 1 heterocycles. The van der Waals surface area contributed by atoms with Crippen LogP contribution in [0, 0.1) is 0 Å². The highest BCUT2D eigenvalue weighted by Gasteiger charge is 2.12. The smallest absolute Gasteiger partial charge is 0.195 e. The maximum absolute atomic E-state index is 5.99. The van der Waals surface area contributed by atoms with Gasteiger partial charge in [0.25, 0.3) is 0 Å². The number of rotatable bonds is 6. The van der Waals surface area contributed by atoms with Gasteiger partial charge in [-0.1, -0.05) is 13.3 Å². The fourth-order valence-corrected chi connectivity index (χ4v) is 1.70. The first-order valence-corrected chi connectivity index (χ1v) is 5.83. The lowest BCUT2D eigenvalue weighted by molar-refractivity contribution is 0.447. The Hall–Kier alpha value is -0.960. The van der Waals surface area contributed by atoms with Crippen molar-refractivity contribution in [3.63, 3.8) is 0 Å². The van der Waals surface area contributed by atoms with Gasteiger partial charge >= 0.3 is 0 Å². The van der Waals surface area contributed by atoms with E-state index in [4.69, 9.17) is 10.2 Å². The Kier molecular flexibility index (Phi) is 4.69. The van der Waals surface area contributed by atoms with Crippen molar-refractivity contribution < 1.29 is 4.42 Å². The van der Waals surface area contributed by atoms with Crippen molar-refractivity contribution in [1.82, 2.24) is 0 Å². The molecule has 0 radical (unpaired) electrons. The molecule has 0 bridgehead atoms. The first-order valence-electron chi connectivity index (χ1n) is 5.83. The predicted molar refractivity (Wildman–Crippen MR) is 64.1 cm³/mol. The van der Waals surface area contributed by atoms with E-state index >= 15 is 0 Å². The topological polar surface area (TPSA) is 42.4 Å². The monoisotopic (exact) mass is 210 g/mol. The van der Waals surface area contributed by atoms with Crippen LogP contribution in [0.15, 0.2) is 16.5 Å². The van der Waals surface area contributed by atoms with E-state index in [-0.39, 0.29) is 6.04 Å². The molecule has 1 atom stereocenters. The molecule has 0 aliphatic heterocycles. The lowest BCUT2D eigenvalue weighted by atomic mass is 10.1. The third-order valence-corrected chi connectivity index (χ3v) is 2.65. The number of furan rings is 1. The molecule has 2 N–H and O–H groups in total. The summed E-state index contributed by atoms with van der Waals surface area (Å²) in [6, 6.07) is 4.05. The second kappa shape index (κ2) is 5.81. The normalized spacial score (nSPS) is 12.8. The van der Waals surface area contributed by atoms with E-state index in [1.165, 1.54) is 0 Å². The molecule has 86 valence electrons. The van der Waals surface area contributed by atoms with Crippen molar-refractivity contribution >= 4 is 5.88 Å². The summed E-state index contributed by atoms with van der Waals surface area (Å²) >= 11 is 0. The van der Waals surface area contributed by atoms with Crippen molar-refractivity contribution in [1.29, 1.82) is 0 Å². The van der Waals surface area contributed by atoms with Crippen molar-refractivity contribution in [2.75, 3.05) is 18.0 Å². The van der Waals surface area contributed by atoms with Crippen molar-refractivity contribution in [2.24, 2.45) is 5.73 Å². The first-order chi connectivity index (χ1) is 7.22. The Balaban J connectivity index is 2.70. The van der Waals surface area contributed by atoms with Crippen LogP contribution in [-0.2, 0) is 0 Å². The molecule has 15 heavy (non-hydrogen) atoms. The average molecular weight is 210 g/mol. The summed E-state index contributed by atoms with van der Waals surface area (Å²) in [4.78, 5) is 2.18.